The number of Topliss-reactive ketones (excluding diaryl/α,β-unsaturated/α-hetero) is 1. The molecule has 0 heterocycles. The summed E-state index contributed by atoms with van der Waals surface area (Å²) in [6.07, 6.45) is -0.491. The van der Waals surface area contributed by atoms with Crippen molar-refractivity contribution in [3.63, 3.8) is 0 Å². The van der Waals surface area contributed by atoms with Crippen LogP contribution in [0.25, 0.3) is 0 Å². The Morgan fingerprint density at radius 2 is 1.85 bits per heavy atom. The summed E-state index contributed by atoms with van der Waals surface area (Å²) >= 11 is 0. The standard InChI is InChI=1S/C13H17NO5S/c1-9-3-4-10(2)12(7-9)20(18,19)14-8-11(15)5-6-13(16)17/h3-4,7,14H,5-6,8H2,1-2H3,(H,16,17). The number of ketones is 1. The molecule has 0 aliphatic carbocycles. The van der Waals surface area contributed by atoms with Gasteiger partial charge < -0.3 is 5.11 Å². The van der Waals surface area contributed by atoms with Crippen LogP contribution in [0.4, 0.5) is 0 Å². The van der Waals surface area contributed by atoms with Gasteiger partial charge in [0.2, 0.25) is 10.0 Å². The molecule has 6 nitrogen and oxygen atoms in total. The highest BCUT2D eigenvalue weighted by molar-refractivity contribution is 7.89. The summed E-state index contributed by atoms with van der Waals surface area (Å²) in [4.78, 5) is 21.8. The van der Waals surface area contributed by atoms with Crippen LogP contribution in [-0.4, -0.2) is 31.8 Å². The van der Waals surface area contributed by atoms with Crippen LogP contribution >= 0.6 is 0 Å². The summed E-state index contributed by atoms with van der Waals surface area (Å²) in [6.45, 7) is 3.04. The summed E-state index contributed by atoms with van der Waals surface area (Å²) < 4.78 is 26.3. The molecule has 0 saturated carbocycles. The number of hydrogen-bond donors (Lipinski definition) is 2. The van der Waals surface area contributed by atoms with Crippen LogP contribution in [0.1, 0.15) is 24.0 Å². The van der Waals surface area contributed by atoms with E-state index in [9.17, 15) is 18.0 Å². The van der Waals surface area contributed by atoms with Crippen molar-refractivity contribution in [1.29, 1.82) is 0 Å². The fourth-order valence-corrected chi connectivity index (χ4v) is 2.92. The van der Waals surface area contributed by atoms with Gasteiger partial charge in [0.05, 0.1) is 17.9 Å². The molecule has 0 saturated heterocycles. The maximum absolute atomic E-state index is 12.1. The molecule has 1 aromatic rings. The van der Waals surface area contributed by atoms with E-state index in [-0.39, 0.29) is 17.7 Å². The summed E-state index contributed by atoms with van der Waals surface area (Å²) in [5, 5.41) is 8.44. The molecule has 110 valence electrons. The average Bonchev–Trinajstić information content (AvgIpc) is 2.36. The highest BCUT2D eigenvalue weighted by atomic mass is 32.2. The minimum atomic E-state index is -3.77. The largest absolute Gasteiger partial charge is 0.481 e. The van der Waals surface area contributed by atoms with Crippen molar-refractivity contribution in [2.24, 2.45) is 0 Å². The molecule has 0 bridgehead atoms. The fraction of sp³-hybridized carbons (Fsp3) is 0.385. The van der Waals surface area contributed by atoms with Gasteiger partial charge in [0.15, 0.2) is 0 Å². The lowest BCUT2D eigenvalue weighted by molar-refractivity contribution is -0.138. The Balaban J connectivity index is 2.73. The van der Waals surface area contributed by atoms with Crippen molar-refractivity contribution in [1.82, 2.24) is 4.72 Å². The topological polar surface area (TPSA) is 101 Å². The van der Waals surface area contributed by atoms with Gasteiger partial charge in [0.1, 0.15) is 5.78 Å². The Morgan fingerprint density at radius 1 is 1.20 bits per heavy atom. The van der Waals surface area contributed by atoms with E-state index in [0.29, 0.717) is 5.56 Å². The zero-order chi connectivity index (χ0) is 15.3. The van der Waals surface area contributed by atoms with E-state index >= 15 is 0 Å². The number of carbonyl (C=O) groups is 2. The van der Waals surface area contributed by atoms with Gasteiger partial charge in [-0.3, -0.25) is 9.59 Å². The molecule has 0 aromatic heterocycles. The third-order valence-corrected chi connectivity index (χ3v) is 4.25. The quantitative estimate of drug-likeness (QED) is 0.782. The number of carboxylic acids is 1. The Kier molecular flexibility index (Phi) is 5.41. The molecule has 1 aromatic carbocycles. The van der Waals surface area contributed by atoms with Crippen molar-refractivity contribution in [2.45, 2.75) is 31.6 Å². The van der Waals surface area contributed by atoms with Crippen molar-refractivity contribution in [3.05, 3.63) is 29.3 Å². The molecule has 0 spiro atoms. The maximum Gasteiger partial charge on any atom is 0.303 e. The molecule has 7 heteroatoms. The third kappa shape index (κ3) is 4.75. The smallest absolute Gasteiger partial charge is 0.303 e. The Morgan fingerprint density at radius 3 is 2.45 bits per heavy atom. The van der Waals surface area contributed by atoms with Crippen molar-refractivity contribution >= 4 is 21.8 Å². The zero-order valence-corrected chi connectivity index (χ0v) is 12.2. The lowest BCUT2D eigenvalue weighted by atomic mass is 10.2. The number of benzene rings is 1. The zero-order valence-electron chi connectivity index (χ0n) is 11.3. The normalized spacial score (nSPS) is 11.3. The van der Waals surface area contributed by atoms with E-state index in [4.69, 9.17) is 5.11 Å². The molecule has 0 fully saturated rings. The molecule has 0 amide bonds. The summed E-state index contributed by atoms with van der Waals surface area (Å²) in [6, 6.07) is 5.02. The molecule has 0 radical (unpaired) electrons. The second-order valence-corrected chi connectivity index (χ2v) is 6.26. The number of rotatable bonds is 7. The lowest BCUT2D eigenvalue weighted by Gasteiger charge is -2.09. The molecule has 0 unspecified atom stereocenters. The van der Waals surface area contributed by atoms with Crippen LogP contribution in [0.15, 0.2) is 23.1 Å². The number of aliphatic carboxylic acids is 1. The van der Waals surface area contributed by atoms with Crippen LogP contribution in [0.3, 0.4) is 0 Å². The highest BCUT2D eigenvalue weighted by Crippen LogP contribution is 2.16. The van der Waals surface area contributed by atoms with Gasteiger partial charge in [-0.1, -0.05) is 12.1 Å². The molecule has 20 heavy (non-hydrogen) atoms. The lowest BCUT2D eigenvalue weighted by Crippen LogP contribution is -2.30. The van der Waals surface area contributed by atoms with Crippen molar-refractivity contribution in [2.75, 3.05) is 6.54 Å². The minimum absolute atomic E-state index is 0.128. The van der Waals surface area contributed by atoms with E-state index in [1.807, 2.05) is 0 Å². The first-order valence-corrected chi connectivity index (χ1v) is 7.51. The van der Waals surface area contributed by atoms with Crippen LogP contribution in [0, 0.1) is 13.8 Å². The van der Waals surface area contributed by atoms with Gasteiger partial charge in [-0.15, -0.1) is 0 Å². The molecule has 1 rings (SSSR count). The fourth-order valence-electron chi connectivity index (χ4n) is 1.58. The van der Waals surface area contributed by atoms with E-state index in [0.717, 1.165) is 5.56 Å². The summed E-state index contributed by atoms with van der Waals surface area (Å²) in [5.41, 5.74) is 1.38. The molecular weight excluding hydrogens is 282 g/mol. The second-order valence-electron chi connectivity index (χ2n) is 4.53. The van der Waals surface area contributed by atoms with Gasteiger partial charge in [0, 0.05) is 6.42 Å². The average molecular weight is 299 g/mol. The molecule has 0 atom stereocenters. The SMILES string of the molecule is Cc1ccc(C)c(S(=O)(=O)NCC(=O)CCC(=O)O)c1. The predicted molar refractivity (Wildman–Crippen MR) is 73.0 cm³/mol. The number of carbonyl (C=O) groups excluding carboxylic acids is 1. The first-order chi connectivity index (χ1) is 9.22. The monoisotopic (exact) mass is 299 g/mol. The number of carboxylic acid groups (broad SMARTS) is 1. The maximum atomic E-state index is 12.1. The molecule has 0 aliphatic heterocycles. The highest BCUT2D eigenvalue weighted by Gasteiger charge is 2.18. The number of nitrogens with one attached hydrogen (secondary N) is 1. The van der Waals surface area contributed by atoms with Crippen LogP contribution < -0.4 is 4.72 Å². The number of sulfonamides is 1. The van der Waals surface area contributed by atoms with Crippen LogP contribution in [-0.2, 0) is 19.6 Å². The van der Waals surface area contributed by atoms with E-state index in [1.54, 1.807) is 26.0 Å². The molecular formula is C13H17NO5S. The summed E-state index contributed by atoms with van der Waals surface area (Å²) in [5.74, 6) is -1.54. The summed E-state index contributed by atoms with van der Waals surface area (Å²) in [7, 11) is -3.77. The van der Waals surface area contributed by atoms with Crippen molar-refractivity contribution < 1.29 is 23.1 Å². The third-order valence-electron chi connectivity index (χ3n) is 2.71. The predicted octanol–water partition coefficient (Wildman–Crippen LogP) is 1.02. The minimum Gasteiger partial charge on any atom is -0.481 e. The Hall–Kier alpha value is -1.73. The van der Waals surface area contributed by atoms with Crippen molar-refractivity contribution in [3.8, 4) is 0 Å². The number of aryl methyl sites for hydroxylation is 2. The van der Waals surface area contributed by atoms with Gasteiger partial charge in [0.25, 0.3) is 0 Å². The second kappa shape index (κ2) is 6.62. The van der Waals surface area contributed by atoms with E-state index in [1.165, 1.54) is 6.07 Å². The first kappa shape index (κ1) is 16.3. The molecule has 2 N–H and O–H groups in total. The Labute approximate surface area is 117 Å². The van der Waals surface area contributed by atoms with E-state index in [2.05, 4.69) is 4.72 Å². The van der Waals surface area contributed by atoms with Gasteiger partial charge in [-0.05, 0) is 31.0 Å². The Bertz CT molecular complexity index is 622. The number of hydrogen-bond acceptors (Lipinski definition) is 4. The van der Waals surface area contributed by atoms with Crippen LogP contribution in [0.2, 0.25) is 0 Å². The van der Waals surface area contributed by atoms with Crippen LogP contribution in [0.5, 0.6) is 0 Å². The first-order valence-electron chi connectivity index (χ1n) is 6.03. The van der Waals surface area contributed by atoms with Gasteiger partial charge >= 0.3 is 5.97 Å². The van der Waals surface area contributed by atoms with E-state index < -0.39 is 28.3 Å². The van der Waals surface area contributed by atoms with Gasteiger partial charge in [-0.2, -0.15) is 0 Å². The van der Waals surface area contributed by atoms with Gasteiger partial charge in [-0.25, -0.2) is 13.1 Å². The molecule has 0 aliphatic rings.